The lowest BCUT2D eigenvalue weighted by Gasteiger charge is -2.29. The Kier molecular flexibility index (Phi) is 7.52. The Balaban J connectivity index is 1.58. The SMILES string of the molecule is COc1cc(C=NNC(=O)C2CCN(S(=O)(=O)c3cccs3)CC2)cc(OC)c1OC. The first-order valence-corrected chi connectivity index (χ1v) is 11.9. The van der Waals surface area contributed by atoms with Crippen molar-refractivity contribution < 1.29 is 27.4 Å². The van der Waals surface area contributed by atoms with Crippen molar-refractivity contribution in [3.05, 3.63) is 35.2 Å². The number of sulfonamides is 1. The zero-order valence-electron chi connectivity index (χ0n) is 17.5. The summed E-state index contributed by atoms with van der Waals surface area (Å²) < 4.78 is 42.8. The number of piperidine rings is 1. The van der Waals surface area contributed by atoms with E-state index in [2.05, 4.69) is 10.5 Å². The highest BCUT2D eigenvalue weighted by molar-refractivity contribution is 7.91. The normalized spacial score (nSPS) is 15.7. The Morgan fingerprint density at radius 1 is 1.16 bits per heavy atom. The van der Waals surface area contributed by atoms with Crippen LogP contribution in [0.5, 0.6) is 17.2 Å². The maximum absolute atomic E-state index is 12.6. The van der Waals surface area contributed by atoms with Crippen LogP contribution >= 0.6 is 11.3 Å². The summed E-state index contributed by atoms with van der Waals surface area (Å²) in [5.41, 5.74) is 3.20. The number of nitrogens with one attached hydrogen (secondary N) is 1. The number of nitrogens with zero attached hydrogens (tertiary/aromatic N) is 2. The molecule has 0 bridgehead atoms. The molecule has 3 rings (SSSR count). The Labute approximate surface area is 185 Å². The number of hydrogen-bond acceptors (Lipinski definition) is 8. The summed E-state index contributed by atoms with van der Waals surface area (Å²) in [5.74, 6) is 0.891. The van der Waals surface area contributed by atoms with Crippen molar-refractivity contribution in [2.45, 2.75) is 17.1 Å². The first-order valence-electron chi connectivity index (χ1n) is 9.57. The molecule has 0 unspecified atom stereocenters. The molecule has 1 N–H and O–H groups in total. The average Bonchev–Trinajstić information content (AvgIpc) is 3.34. The molecule has 9 nitrogen and oxygen atoms in total. The van der Waals surface area contributed by atoms with Crippen LogP contribution in [0.3, 0.4) is 0 Å². The fraction of sp³-hybridized carbons (Fsp3) is 0.400. The fourth-order valence-electron chi connectivity index (χ4n) is 3.33. The second-order valence-corrected chi connectivity index (χ2v) is 9.92. The Morgan fingerprint density at radius 3 is 2.32 bits per heavy atom. The third-order valence-corrected chi connectivity index (χ3v) is 8.26. The number of benzene rings is 1. The molecule has 0 saturated carbocycles. The second kappa shape index (κ2) is 10.1. The molecular formula is C20H25N3O6S2. The quantitative estimate of drug-likeness (QED) is 0.472. The van der Waals surface area contributed by atoms with Crippen LogP contribution in [0.2, 0.25) is 0 Å². The third kappa shape index (κ3) is 5.17. The van der Waals surface area contributed by atoms with Gasteiger partial charge in [-0.15, -0.1) is 11.3 Å². The van der Waals surface area contributed by atoms with E-state index in [0.717, 1.165) is 0 Å². The lowest BCUT2D eigenvalue weighted by atomic mass is 9.98. The summed E-state index contributed by atoms with van der Waals surface area (Å²) in [7, 11) is 1.07. The van der Waals surface area contributed by atoms with E-state index in [1.807, 2.05) is 0 Å². The van der Waals surface area contributed by atoms with Gasteiger partial charge in [-0.1, -0.05) is 6.07 Å². The Bertz CT molecular complexity index is 1000. The van der Waals surface area contributed by atoms with Gasteiger partial charge >= 0.3 is 0 Å². The highest BCUT2D eigenvalue weighted by Crippen LogP contribution is 2.37. The number of hydrogen-bond donors (Lipinski definition) is 1. The molecule has 11 heteroatoms. The van der Waals surface area contributed by atoms with E-state index in [4.69, 9.17) is 14.2 Å². The van der Waals surface area contributed by atoms with E-state index < -0.39 is 10.0 Å². The predicted octanol–water partition coefficient (Wildman–Crippen LogP) is 2.32. The van der Waals surface area contributed by atoms with Crippen LogP contribution in [0.1, 0.15) is 18.4 Å². The van der Waals surface area contributed by atoms with Crippen LogP contribution in [0.15, 0.2) is 39.0 Å². The zero-order chi connectivity index (χ0) is 22.4. The zero-order valence-corrected chi connectivity index (χ0v) is 19.2. The minimum Gasteiger partial charge on any atom is -0.493 e. The molecule has 1 fully saturated rings. The van der Waals surface area contributed by atoms with E-state index in [1.54, 1.807) is 29.6 Å². The van der Waals surface area contributed by atoms with E-state index in [0.29, 0.717) is 53.0 Å². The molecule has 0 atom stereocenters. The summed E-state index contributed by atoms with van der Waals surface area (Å²) in [6.07, 6.45) is 2.37. The minimum atomic E-state index is -3.48. The van der Waals surface area contributed by atoms with E-state index >= 15 is 0 Å². The van der Waals surface area contributed by atoms with Crippen LogP contribution in [-0.4, -0.2) is 59.3 Å². The molecule has 1 aromatic carbocycles. The highest BCUT2D eigenvalue weighted by atomic mass is 32.2. The van der Waals surface area contributed by atoms with Crippen LogP contribution in [-0.2, 0) is 14.8 Å². The van der Waals surface area contributed by atoms with Crippen molar-refractivity contribution in [1.82, 2.24) is 9.73 Å². The molecule has 1 saturated heterocycles. The molecule has 0 radical (unpaired) electrons. The van der Waals surface area contributed by atoms with Crippen molar-refractivity contribution in [2.24, 2.45) is 11.0 Å². The predicted molar refractivity (Wildman–Crippen MR) is 118 cm³/mol. The van der Waals surface area contributed by atoms with Gasteiger partial charge in [-0.25, -0.2) is 13.8 Å². The van der Waals surface area contributed by atoms with Gasteiger partial charge in [0, 0.05) is 24.6 Å². The number of hydrazone groups is 1. The number of thiophene rings is 1. The molecule has 2 heterocycles. The number of carbonyl (C=O) groups is 1. The van der Waals surface area contributed by atoms with Crippen LogP contribution in [0, 0.1) is 5.92 Å². The third-order valence-electron chi connectivity index (χ3n) is 4.99. The monoisotopic (exact) mass is 467 g/mol. The number of amides is 1. The molecular weight excluding hydrogens is 442 g/mol. The average molecular weight is 468 g/mol. The lowest BCUT2D eigenvalue weighted by molar-refractivity contribution is -0.126. The largest absolute Gasteiger partial charge is 0.493 e. The van der Waals surface area contributed by atoms with E-state index in [-0.39, 0.29) is 11.8 Å². The van der Waals surface area contributed by atoms with Gasteiger partial charge in [0.1, 0.15) is 4.21 Å². The number of rotatable bonds is 8. The molecule has 1 aliphatic heterocycles. The first-order chi connectivity index (χ1) is 14.9. The van der Waals surface area contributed by atoms with Crippen LogP contribution in [0.4, 0.5) is 0 Å². The van der Waals surface area contributed by atoms with Crippen molar-refractivity contribution in [3.63, 3.8) is 0 Å². The van der Waals surface area contributed by atoms with Gasteiger partial charge in [-0.3, -0.25) is 4.79 Å². The van der Waals surface area contributed by atoms with Gasteiger partial charge in [0.15, 0.2) is 11.5 Å². The van der Waals surface area contributed by atoms with Gasteiger partial charge < -0.3 is 14.2 Å². The van der Waals surface area contributed by atoms with Crippen LogP contribution < -0.4 is 19.6 Å². The molecule has 1 amide bonds. The molecule has 1 aromatic heterocycles. The molecule has 0 spiro atoms. The van der Waals surface area contributed by atoms with Gasteiger partial charge in [0.2, 0.25) is 11.7 Å². The van der Waals surface area contributed by atoms with Gasteiger partial charge in [-0.05, 0) is 36.4 Å². The van der Waals surface area contributed by atoms with Gasteiger partial charge in [0.05, 0.1) is 27.5 Å². The number of carbonyl (C=O) groups excluding carboxylic acids is 1. The van der Waals surface area contributed by atoms with Crippen molar-refractivity contribution >= 4 is 33.5 Å². The van der Waals surface area contributed by atoms with Gasteiger partial charge in [-0.2, -0.15) is 9.41 Å². The summed E-state index contributed by atoms with van der Waals surface area (Å²) in [6.45, 7) is 0.601. The molecule has 2 aromatic rings. The summed E-state index contributed by atoms with van der Waals surface area (Å²) in [6, 6.07) is 6.73. The minimum absolute atomic E-state index is 0.239. The van der Waals surface area contributed by atoms with E-state index in [9.17, 15) is 13.2 Å². The summed E-state index contributed by atoms with van der Waals surface area (Å²) in [5, 5.41) is 5.76. The first kappa shape index (κ1) is 23.0. The Hall–Kier alpha value is -2.63. The standard InChI is InChI=1S/C20H25N3O6S2/c1-27-16-11-14(12-17(28-2)19(16)29-3)13-21-22-20(24)15-6-8-23(9-7-15)31(25,26)18-5-4-10-30-18/h4-5,10-13,15H,6-9H2,1-3H3,(H,22,24). The maximum atomic E-state index is 12.6. The van der Waals surface area contributed by atoms with E-state index in [1.165, 1.54) is 43.2 Å². The smallest absolute Gasteiger partial charge is 0.252 e. The molecule has 1 aliphatic rings. The maximum Gasteiger partial charge on any atom is 0.252 e. The summed E-state index contributed by atoms with van der Waals surface area (Å²) in [4.78, 5) is 12.5. The van der Waals surface area contributed by atoms with Crippen molar-refractivity contribution in [1.29, 1.82) is 0 Å². The highest BCUT2D eigenvalue weighted by Gasteiger charge is 2.32. The molecule has 0 aliphatic carbocycles. The topological polar surface area (TPSA) is 107 Å². The molecule has 31 heavy (non-hydrogen) atoms. The van der Waals surface area contributed by atoms with Crippen molar-refractivity contribution in [3.8, 4) is 17.2 Å². The molecule has 168 valence electrons. The second-order valence-electron chi connectivity index (χ2n) is 6.80. The lowest BCUT2D eigenvalue weighted by Crippen LogP contribution is -2.42. The van der Waals surface area contributed by atoms with Gasteiger partial charge in [0.25, 0.3) is 10.0 Å². The summed E-state index contributed by atoms with van der Waals surface area (Å²) >= 11 is 1.19. The fourth-order valence-corrected chi connectivity index (χ4v) is 5.95. The number of ether oxygens (including phenoxy) is 3. The Morgan fingerprint density at radius 2 is 1.81 bits per heavy atom. The number of methoxy groups -OCH3 is 3. The van der Waals surface area contributed by atoms with Crippen molar-refractivity contribution in [2.75, 3.05) is 34.4 Å². The van der Waals surface area contributed by atoms with Crippen LogP contribution in [0.25, 0.3) is 0 Å².